The molecular weight excluding hydrogens is 446 g/mol. The van der Waals surface area contributed by atoms with E-state index in [1.165, 1.54) is 11.3 Å². The molecule has 0 N–H and O–H groups in total. The van der Waals surface area contributed by atoms with E-state index in [4.69, 9.17) is 9.47 Å². The van der Waals surface area contributed by atoms with Crippen LogP contribution < -0.4 is 5.19 Å². The quantitative estimate of drug-likeness (QED) is 0.211. The van der Waals surface area contributed by atoms with Crippen molar-refractivity contribution < 1.29 is 27.8 Å². The minimum absolute atomic E-state index is 0.0597. The molecule has 0 heterocycles. The van der Waals surface area contributed by atoms with Crippen LogP contribution in [0.5, 0.6) is 0 Å². The van der Waals surface area contributed by atoms with Crippen LogP contribution >= 0.6 is 0 Å². The predicted molar refractivity (Wildman–Crippen MR) is 129 cm³/mol. The third-order valence-electron chi connectivity index (χ3n) is 6.41. The predicted octanol–water partition coefficient (Wildman–Crippen LogP) is 5.17. The summed E-state index contributed by atoms with van der Waals surface area (Å²) in [6.07, 6.45) is -1.48. The van der Waals surface area contributed by atoms with E-state index in [0.29, 0.717) is 5.57 Å². The molecule has 0 saturated heterocycles. The highest BCUT2D eigenvalue weighted by Gasteiger charge is 2.59. The second-order valence-corrected chi connectivity index (χ2v) is 20.6. The van der Waals surface area contributed by atoms with Crippen molar-refractivity contribution >= 4 is 33.3 Å². The SMILES string of the molecule is CCOC(=O)C1(C(=O)OCC)C=C(C([Si](C)(C)C)[Si](C)(C)c2ccccc2)C(C(F)F)C1. The van der Waals surface area contributed by atoms with Gasteiger partial charge in [0.1, 0.15) is 0 Å². The van der Waals surface area contributed by atoms with Crippen molar-refractivity contribution in [2.75, 3.05) is 13.2 Å². The van der Waals surface area contributed by atoms with E-state index in [1.807, 2.05) is 18.2 Å². The van der Waals surface area contributed by atoms with Gasteiger partial charge in [-0.3, -0.25) is 9.59 Å². The number of carbonyl (C=O) groups is 2. The Morgan fingerprint density at radius 3 is 1.91 bits per heavy atom. The summed E-state index contributed by atoms with van der Waals surface area (Å²) >= 11 is 0. The van der Waals surface area contributed by atoms with Crippen LogP contribution in [0.4, 0.5) is 8.78 Å². The smallest absolute Gasteiger partial charge is 0.327 e. The Bertz CT molecular complexity index is 829. The summed E-state index contributed by atoms with van der Waals surface area (Å²) in [5.41, 5.74) is -1.28. The zero-order chi connectivity index (χ0) is 24.3. The summed E-state index contributed by atoms with van der Waals surface area (Å²) in [5.74, 6) is -2.78. The van der Waals surface area contributed by atoms with Gasteiger partial charge in [0.15, 0.2) is 5.41 Å². The van der Waals surface area contributed by atoms with Crippen molar-refractivity contribution in [3.05, 3.63) is 42.0 Å². The zero-order valence-corrected chi connectivity index (χ0v) is 22.2. The molecule has 2 atom stereocenters. The molecule has 32 heavy (non-hydrogen) atoms. The maximum absolute atomic E-state index is 14.5. The summed E-state index contributed by atoms with van der Waals surface area (Å²) in [5, 5.41) is 1.08. The highest BCUT2D eigenvalue weighted by atomic mass is 28.4. The summed E-state index contributed by atoms with van der Waals surface area (Å²) in [4.78, 5) is 26.0. The Kier molecular flexibility index (Phi) is 8.26. The lowest BCUT2D eigenvalue weighted by atomic mass is 9.85. The molecule has 1 aromatic carbocycles. The van der Waals surface area contributed by atoms with Crippen LogP contribution in [0.25, 0.3) is 0 Å². The van der Waals surface area contributed by atoms with Crippen molar-refractivity contribution in [2.24, 2.45) is 11.3 Å². The number of hydrogen-bond donors (Lipinski definition) is 0. The van der Waals surface area contributed by atoms with Gasteiger partial charge in [0.2, 0.25) is 6.43 Å². The standard InChI is InChI=1S/C24H36F2O4Si2/c1-8-29-22(27)24(23(28)30-9-2)15-18(20(25)26)19(16-24)21(31(3,4)5)32(6,7)17-13-11-10-12-14-17/h10-14,16,18,20-21H,8-9,15H2,1-7H3. The third-order valence-corrected chi connectivity index (χ3v) is 16.8. The Morgan fingerprint density at radius 1 is 1.00 bits per heavy atom. The number of rotatable bonds is 9. The van der Waals surface area contributed by atoms with Gasteiger partial charge in [0, 0.05) is 14.0 Å². The van der Waals surface area contributed by atoms with Crippen LogP contribution in [-0.2, 0) is 19.1 Å². The molecule has 0 saturated carbocycles. The fraction of sp³-hybridized carbons (Fsp3) is 0.583. The monoisotopic (exact) mass is 482 g/mol. The van der Waals surface area contributed by atoms with E-state index in [-0.39, 0.29) is 24.8 Å². The lowest BCUT2D eigenvalue weighted by Crippen LogP contribution is -2.55. The molecule has 1 aliphatic rings. The van der Waals surface area contributed by atoms with E-state index in [1.54, 1.807) is 13.8 Å². The lowest BCUT2D eigenvalue weighted by Gasteiger charge is -2.43. The van der Waals surface area contributed by atoms with Crippen LogP contribution in [-0.4, -0.2) is 47.7 Å². The molecule has 0 fully saturated rings. The van der Waals surface area contributed by atoms with Crippen LogP contribution in [0.2, 0.25) is 37.9 Å². The number of carbonyl (C=O) groups excluding carboxylic acids is 2. The van der Waals surface area contributed by atoms with Crippen molar-refractivity contribution in [2.45, 2.75) is 64.6 Å². The average molecular weight is 483 g/mol. The van der Waals surface area contributed by atoms with E-state index in [0.717, 1.165) is 0 Å². The van der Waals surface area contributed by atoms with Crippen molar-refractivity contribution in [1.82, 2.24) is 0 Å². The van der Waals surface area contributed by atoms with E-state index < -0.39 is 45.8 Å². The van der Waals surface area contributed by atoms with Gasteiger partial charge in [0.05, 0.1) is 21.3 Å². The minimum Gasteiger partial charge on any atom is -0.465 e. The molecule has 0 radical (unpaired) electrons. The van der Waals surface area contributed by atoms with Crippen LogP contribution in [0, 0.1) is 11.3 Å². The van der Waals surface area contributed by atoms with Crippen molar-refractivity contribution in [3.63, 3.8) is 0 Å². The number of alkyl halides is 2. The van der Waals surface area contributed by atoms with E-state index in [9.17, 15) is 18.4 Å². The molecule has 0 bridgehead atoms. The van der Waals surface area contributed by atoms with Crippen LogP contribution in [0.15, 0.2) is 42.0 Å². The first-order valence-corrected chi connectivity index (χ1v) is 17.9. The highest BCUT2D eigenvalue weighted by molar-refractivity contribution is 7.04. The molecular formula is C24H36F2O4Si2. The number of allylic oxidation sites excluding steroid dienone is 1. The van der Waals surface area contributed by atoms with Crippen molar-refractivity contribution in [3.8, 4) is 0 Å². The number of benzene rings is 1. The summed E-state index contributed by atoms with van der Waals surface area (Å²) in [6, 6.07) is 10.0. The van der Waals surface area contributed by atoms with Gasteiger partial charge in [-0.05, 0) is 25.4 Å². The van der Waals surface area contributed by atoms with Gasteiger partial charge < -0.3 is 9.47 Å². The molecule has 4 nitrogen and oxygen atoms in total. The Hall–Kier alpha value is -1.81. The van der Waals surface area contributed by atoms with Gasteiger partial charge in [-0.15, -0.1) is 0 Å². The Balaban J connectivity index is 2.76. The number of ether oxygens (including phenoxy) is 2. The molecule has 0 aromatic heterocycles. The second kappa shape index (κ2) is 9.99. The molecule has 2 rings (SSSR count). The zero-order valence-electron chi connectivity index (χ0n) is 20.2. The average Bonchev–Trinajstić information content (AvgIpc) is 3.09. The van der Waals surface area contributed by atoms with Gasteiger partial charge in [-0.2, -0.15) is 0 Å². The number of halogens is 2. The maximum atomic E-state index is 14.5. The second-order valence-electron chi connectivity index (χ2n) is 10.1. The third kappa shape index (κ3) is 5.06. The lowest BCUT2D eigenvalue weighted by molar-refractivity contribution is -0.168. The number of hydrogen-bond acceptors (Lipinski definition) is 4. The Morgan fingerprint density at radius 2 is 1.50 bits per heavy atom. The first-order valence-electron chi connectivity index (χ1n) is 11.2. The summed E-state index contributed by atoms with van der Waals surface area (Å²) in [6.45, 7) is 14.3. The summed E-state index contributed by atoms with van der Waals surface area (Å²) in [7, 11) is -4.38. The molecule has 0 spiro atoms. The van der Waals surface area contributed by atoms with Gasteiger partial charge in [-0.25, -0.2) is 8.78 Å². The first kappa shape index (κ1) is 26.4. The molecule has 1 aromatic rings. The topological polar surface area (TPSA) is 52.6 Å². The van der Waals surface area contributed by atoms with Crippen molar-refractivity contribution in [1.29, 1.82) is 0 Å². The normalized spacial score (nSPS) is 19.4. The van der Waals surface area contributed by atoms with Crippen LogP contribution in [0.1, 0.15) is 20.3 Å². The largest absolute Gasteiger partial charge is 0.465 e. The highest BCUT2D eigenvalue weighted by Crippen LogP contribution is 2.53. The van der Waals surface area contributed by atoms with Gasteiger partial charge in [-0.1, -0.05) is 79.9 Å². The minimum atomic E-state index is -2.69. The van der Waals surface area contributed by atoms with Gasteiger partial charge in [0.25, 0.3) is 0 Å². The summed E-state index contributed by atoms with van der Waals surface area (Å²) < 4.78 is 39.3. The number of esters is 2. The fourth-order valence-corrected chi connectivity index (χ4v) is 18.3. The van der Waals surface area contributed by atoms with Gasteiger partial charge >= 0.3 is 11.9 Å². The molecule has 2 unspecified atom stereocenters. The molecule has 0 aliphatic heterocycles. The van der Waals surface area contributed by atoms with E-state index in [2.05, 4.69) is 44.9 Å². The molecule has 8 heteroatoms. The molecule has 178 valence electrons. The first-order chi connectivity index (χ1) is 14.8. The fourth-order valence-electron chi connectivity index (χ4n) is 5.37. The Labute approximate surface area is 192 Å². The molecule has 0 amide bonds. The maximum Gasteiger partial charge on any atom is 0.327 e. The van der Waals surface area contributed by atoms with E-state index >= 15 is 0 Å². The van der Waals surface area contributed by atoms with Crippen LogP contribution in [0.3, 0.4) is 0 Å². The molecule has 1 aliphatic carbocycles.